The number of carbonyl (C=O) groups excluding carboxylic acids is 3. The minimum absolute atomic E-state index is 0.0884. The Labute approximate surface area is 155 Å². The third-order valence-corrected chi connectivity index (χ3v) is 4.42. The first-order chi connectivity index (χ1) is 12.5. The van der Waals surface area contributed by atoms with Crippen LogP contribution in [-0.4, -0.2) is 30.8 Å². The molecule has 1 aromatic heterocycles. The molecule has 7 nitrogen and oxygen atoms in total. The Balaban J connectivity index is 1.49. The summed E-state index contributed by atoms with van der Waals surface area (Å²) < 4.78 is 5.11. The van der Waals surface area contributed by atoms with E-state index in [0.717, 1.165) is 0 Å². The molecule has 1 aliphatic rings. The van der Waals surface area contributed by atoms with Gasteiger partial charge in [-0.05, 0) is 24.3 Å². The number of amides is 3. The van der Waals surface area contributed by atoms with Crippen molar-refractivity contribution in [3.63, 3.8) is 0 Å². The van der Waals surface area contributed by atoms with Crippen molar-refractivity contribution in [1.82, 2.24) is 10.6 Å². The minimum atomic E-state index is -0.517. The van der Waals surface area contributed by atoms with Gasteiger partial charge in [-0.25, -0.2) is 0 Å². The van der Waals surface area contributed by atoms with Gasteiger partial charge < -0.3 is 20.0 Å². The molecule has 2 N–H and O–H groups in total. The molecule has 0 radical (unpaired) electrons. The van der Waals surface area contributed by atoms with Crippen LogP contribution in [0.4, 0.5) is 5.69 Å². The van der Waals surface area contributed by atoms with E-state index in [1.54, 1.807) is 36.4 Å². The molecule has 8 heteroatoms. The second-order valence-corrected chi connectivity index (χ2v) is 6.34. The summed E-state index contributed by atoms with van der Waals surface area (Å²) in [6, 6.07) is 10.5. The summed E-state index contributed by atoms with van der Waals surface area (Å²) in [5.74, 6) is -0.721. The minimum Gasteiger partial charge on any atom is -0.467 e. The van der Waals surface area contributed by atoms with Crippen molar-refractivity contribution < 1.29 is 18.8 Å². The van der Waals surface area contributed by atoms with E-state index in [-0.39, 0.29) is 43.8 Å². The third-order valence-electron chi connectivity index (χ3n) is 4.10. The van der Waals surface area contributed by atoms with Crippen LogP contribution in [0.15, 0.2) is 47.1 Å². The van der Waals surface area contributed by atoms with Gasteiger partial charge in [0.1, 0.15) is 5.76 Å². The Kier molecular flexibility index (Phi) is 5.58. The molecule has 1 aromatic carbocycles. The second kappa shape index (κ2) is 8.05. The van der Waals surface area contributed by atoms with Crippen molar-refractivity contribution in [2.45, 2.75) is 13.0 Å². The third kappa shape index (κ3) is 4.23. The molecule has 1 fully saturated rings. The Morgan fingerprint density at radius 1 is 1.19 bits per heavy atom. The highest BCUT2D eigenvalue weighted by Gasteiger charge is 2.35. The first-order valence-electron chi connectivity index (χ1n) is 8.16. The number of hydrogen-bond acceptors (Lipinski definition) is 4. The highest BCUT2D eigenvalue weighted by molar-refractivity contribution is 6.33. The molecule has 3 rings (SSSR count). The van der Waals surface area contributed by atoms with Crippen LogP contribution in [0.3, 0.4) is 0 Å². The molecule has 0 saturated carbocycles. The summed E-state index contributed by atoms with van der Waals surface area (Å²) in [7, 11) is 0. The number of hydrogen-bond donors (Lipinski definition) is 2. The fourth-order valence-corrected chi connectivity index (χ4v) is 3.00. The summed E-state index contributed by atoms with van der Waals surface area (Å²) in [5, 5.41) is 5.67. The van der Waals surface area contributed by atoms with Gasteiger partial charge in [-0.1, -0.05) is 23.7 Å². The molecule has 1 unspecified atom stereocenters. The lowest BCUT2D eigenvalue weighted by molar-refractivity contribution is -0.129. The second-order valence-electron chi connectivity index (χ2n) is 5.93. The standard InChI is InChI=1S/C18H18ClN3O4/c19-14-5-1-2-6-15(14)22-11-12(8-17(22)24)18(25)21-10-16(23)20-9-13-4-3-7-26-13/h1-7,12H,8-11H2,(H,20,23)(H,21,25). The summed E-state index contributed by atoms with van der Waals surface area (Å²) in [5.41, 5.74) is 0.589. The zero-order chi connectivity index (χ0) is 18.5. The van der Waals surface area contributed by atoms with Gasteiger partial charge in [0.2, 0.25) is 17.7 Å². The summed E-state index contributed by atoms with van der Waals surface area (Å²) >= 11 is 6.12. The molecule has 0 bridgehead atoms. The summed E-state index contributed by atoms with van der Waals surface area (Å²) in [4.78, 5) is 37.8. The fourth-order valence-electron chi connectivity index (χ4n) is 2.76. The molecule has 1 saturated heterocycles. The van der Waals surface area contributed by atoms with Crippen LogP contribution in [0.1, 0.15) is 12.2 Å². The SMILES string of the molecule is O=C(CNC(=O)C1CC(=O)N(c2ccccc2Cl)C1)NCc1ccco1. The van der Waals surface area contributed by atoms with Crippen molar-refractivity contribution >= 4 is 35.0 Å². The average Bonchev–Trinajstić information content (AvgIpc) is 3.28. The van der Waals surface area contributed by atoms with Crippen molar-refractivity contribution in [2.24, 2.45) is 5.92 Å². The Morgan fingerprint density at radius 2 is 2.00 bits per heavy atom. The monoisotopic (exact) mass is 375 g/mol. The van der Waals surface area contributed by atoms with Crippen LogP contribution in [0, 0.1) is 5.92 Å². The molecule has 0 spiro atoms. The van der Waals surface area contributed by atoms with E-state index in [9.17, 15) is 14.4 Å². The molecule has 0 aliphatic carbocycles. The first kappa shape index (κ1) is 18.0. The van der Waals surface area contributed by atoms with E-state index in [1.165, 1.54) is 11.2 Å². The highest BCUT2D eigenvalue weighted by Crippen LogP contribution is 2.30. The highest BCUT2D eigenvalue weighted by atomic mass is 35.5. The summed E-state index contributed by atoms with van der Waals surface area (Å²) in [6.07, 6.45) is 1.61. The van der Waals surface area contributed by atoms with Gasteiger partial charge in [0.25, 0.3) is 0 Å². The van der Waals surface area contributed by atoms with E-state index < -0.39 is 5.92 Å². The van der Waals surface area contributed by atoms with Crippen molar-refractivity contribution in [3.05, 3.63) is 53.4 Å². The largest absolute Gasteiger partial charge is 0.467 e. The maximum absolute atomic E-state index is 12.3. The molecular formula is C18H18ClN3O4. The Bertz CT molecular complexity index is 807. The lowest BCUT2D eigenvalue weighted by Gasteiger charge is -2.18. The number of nitrogens with one attached hydrogen (secondary N) is 2. The maximum atomic E-state index is 12.3. The van der Waals surface area contributed by atoms with Gasteiger partial charge in [-0.15, -0.1) is 0 Å². The normalized spacial score (nSPS) is 16.6. The van der Waals surface area contributed by atoms with Gasteiger partial charge >= 0.3 is 0 Å². The van der Waals surface area contributed by atoms with Gasteiger partial charge in [0, 0.05) is 13.0 Å². The first-order valence-corrected chi connectivity index (χ1v) is 8.54. The van der Waals surface area contributed by atoms with Crippen LogP contribution in [0.2, 0.25) is 5.02 Å². The number of rotatable bonds is 6. The number of para-hydroxylation sites is 1. The molecule has 136 valence electrons. The predicted octanol–water partition coefficient (Wildman–Crippen LogP) is 1.72. The molecule has 2 heterocycles. The van der Waals surface area contributed by atoms with Gasteiger partial charge in [0.15, 0.2) is 0 Å². The van der Waals surface area contributed by atoms with Crippen LogP contribution >= 0.6 is 11.6 Å². The quantitative estimate of drug-likeness (QED) is 0.804. The van der Waals surface area contributed by atoms with E-state index in [0.29, 0.717) is 16.5 Å². The average molecular weight is 376 g/mol. The topological polar surface area (TPSA) is 91.7 Å². The van der Waals surface area contributed by atoms with E-state index in [4.69, 9.17) is 16.0 Å². The van der Waals surface area contributed by atoms with E-state index in [1.807, 2.05) is 0 Å². The number of halogens is 1. The number of anilines is 1. The van der Waals surface area contributed by atoms with Crippen LogP contribution in [0.25, 0.3) is 0 Å². The van der Waals surface area contributed by atoms with Gasteiger partial charge in [-0.2, -0.15) is 0 Å². The molecule has 2 aromatic rings. The molecular weight excluding hydrogens is 358 g/mol. The zero-order valence-electron chi connectivity index (χ0n) is 13.9. The fraction of sp³-hybridized carbons (Fsp3) is 0.278. The Morgan fingerprint density at radius 3 is 2.73 bits per heavy atom. The molecule has 3 amide bonds. The number of nitrogens with zero attached hydrogens (tertiary/aromatic N) is 1. The van der Waals surface area contributed by atoms with Crippen molar-refractivity contribution in [1.29, 1.82) is 0 Å². The van der Waals surface area contributed by atoms with Crippen LogP contribution in [-0.2, 0) is 20.9 Å². The number of furan rings is 1. The molecule has 1 atom stereocenters. The number of carbonyl (C=O) groups is 3. The van der Waals surface area contributed by atoms with E-state index in [2.05, 4.69) is 10.6 Å². The molecule has 1 aliphatic heterocycles. The summed E-state index contributed by atoms with van der Waals surface area (Å²) in [6.45, 7) is 0.336. The smallest absolute Gasteiger partial charge is 0.239 e. The lowest BCUT2D eigenvalue weighted by Crippen LogP contribution is -2.40. The zero-order valence-corrected chi connectivity index (χ0v) is 14.7. The van der Waals surface area contributed by atoms with Gasteiger partial charge in [0.05, 0.1) is 36.0 Å². The van der Waals surface area contributed by atoms with Crippen molar-refractivity contribution in [2.75, 3.05) is 18.0 Å². The predicted molar refractivity (Wildman–Crippen MR) is 95.5 cm³/mol. The maximum Gasteiger partial charge on any atom is 0.239 e. The van der Waals surface area contributed by atoms with Gasteiger partial charge in [-0.3, -0.25) is 14.4 Å². The van der Waals surface area contributed by atoms with Crippen LogP contribution in [0.5, 0.6) is 0 Å². The van der Waals surface area contributed by atoms with Crippen molar-refractivity contribution in [3.8, 4) is 0 Å². The lowest BCUT2D eigenvalue weighted by atomic mass is 10.1. The van der Waals surface area contributed by atoms with Crippen LogP contribution < -0.4 is 15.5 Å². The van der Waals surface area contributed by atoms with E-state index >= 15 is 0 Å². The Hall–Kier alpha value is -2.80. The number of benzene rings is 1. The molecule has 26 heavy (non-hydrogen) atoms.